The van der Waals surface area contributed by atoms with Crippen LogP contribution in [0.2, 0.25) is 0 Å². The summed E-state index contributed by atoms with van der Waals surface area (Å²) in [5.41, 5.74) is 2.52. The molecule has 3 heterocycles. The summed E-state index contributed by atoms with van der Waals surface area (Å²) < 4.78 is 15.0. The van der Waals surface area contributed by atoms with Gasteiger partial charge in [-0.25, -0.2) is 4.79 Å². The molecule has 1 amide bonds. The predicted molar refractivity (Wildman–Crippen MR) is 148 cm³/mol. The Morgan fingerprint density at radius 3 is 2.21 bits per heavy atom. The number of amides is 1. The van der Waals surface area contributed by atoms with Crippen molar-refractivity contribution < 1.29 is 14.3 Å². The molecule has 0 N–H and O–H groups in total. The first-order valence-electron chi connectivity index (χ1n) is 12.7. The minimum atomic E-state index is -0.427. The van der Waals surface area contributed by atoms with Crippen molar-refractivity contribution in [3.05, 3.63) is 80.0 Å². The number of ether oxygens (including phenoxy) is 2. The van der Waals surface area contributed by atoms with Gasteiger partial charge in [0.05, 0.1) is 20.8 Å². The zero-order chi connectivity index (χ0) is 27.8. The second kappa shape index (κ2) is 10.3. The van der Waals surface area contributed by atoms with E-state index in [0.717, 1.165) is 15.7 Å². The fraction of sp³-hybridized carbons (Fsp3) is 0.357. The Balaban J connectivity index is 1.48. The Hall–Kier alpha value is -4.54. The Kier molecular flexibility index (Phi) is 6.90. The van der Waals surface area contributed by atoms with Gasteiger partial charge in [-0.05, 0) is 24.6 Å². The van der Waals surface area contributed by atoms with Crippen LogP contribution in [-0.4, -0.2) is 69.9 Å². The lowest BCUT2D eigenvalue weighted by molar-refractivity contribution is 0.0745. The van der Waals surface area contributed by atoms with E-state index in [1.54, 1.807) is 44.4 Å². The number of aryl methyl sites for hydroxylation is 2. The van der Waals surface area contributed by atoms with E-state index in [-0.39, 0.29) is 11.5 Å². The van der Waals surface area contributed by atoms with Gasteiger partial charge in [0, 0.05) is 51.9 Å². The molecular weight excluding hydrogens is 500 g/mol. The molecule has 2 aromatic heterocycles. The molecule has 0 aliphatic carbocycles. The van der Waals surface area contributed by atoms with Gasteiger partial charge in [0.25, 0.3) is 11.5 Å². The molecule has 0 atom stereocenters. The summed E-state index contributed by atoms with van der Waals surface area (Å²) >= 11 is 0. The van der Waals surface area contributed by atoms with Crippen molar-refractivity contribution in [2.24, 2.45) is 14.1 Å². The number of rotatable bonds is 6. The number of methoxy groups -OCH3 is 2. The summed E-state index contributed by atoms with van der Waals surface area (Å²) in [6, 6.07) is 13.2. The van der Waals surface area contributed by atoms with Crippen LogP contribution < -0.4 is 25.6 Å². The van der Waals surface area contributed by atoms with E-state index in [1.807, 2.05) is 29.7 Å². The van der Waals surface area contributed by atoms with Gasteiger partial charge in [-0.1, -0.05) is 29.8 Å². The summed E-state index contributed by atoms with van der Waals surface area (Å²) in [5.74, 6) is 1.58. The molecule has 5 rings (SSSR count). The average molecular weight is 533 g/mol. The number of fused-ring (bicyclic) bond motifs is 1. The molecule has 204 valence electrons. The number of hydrogen-bond acceptors (Lipinski definition) is 7. The Morgan fingerprint density at radius 1 is 0.923 bits per heavy atom. The molecule has 0 radical (unpaired) electrons. The Morgan fingerprint density at radius 2 is 1.59 bits per heavy atom. The number of aromatic nitrogens is 4. The zero-order valence-corrected chi connectivity index (χ0v) is 22.8. The summed E-state index contributed by atoms with van der Waals surface area (Å²) in [6.45, 7) is 4.39. The van der Waals surface area contributed by atoms with Crippen molar-refractivity contribution in [2.75, 3.05) is 45.3 Å². The van der Waals surface area contributed by atoms with Gasteiger partial charge in [0.2, 0.25) is 5.95 Å². The minimum absolute atomic E-state index is 0.114. The molecule has 0 unspecified atom stereocenters. The first-order valence-corrected chi connectivity index (χ1v) is 12.7. The van der Waals surface area contributed by atoms with Crippen LogP contribution in [0.25, 0.3) is 11.2 Å². The number of nitrogens with zero attached hydrogens (tertiary/aromatic N) is 6. The van der Waals surface area contributed by atoms with Crippen LogP contribution in [0.1, 0.15) is 21.5 Å². The van der Waals surface area contributed by atoms with Crippen LogP contribution in [0, 0.1) is 6.92 Å². The van der Waals surface area contributed by atoms with E-state index in [0.29, 0.717) is 66.9 Å². The third-order valence-electron chi connectivity index (χ3n) is 7.20. The summed E-state index contributed by atoms with van der Waals surface area (Å²) in [5, 5.41) is 0. The maximum absolute atomic E-state index is 13.3. The number of imidazole rings is 1. The van der Waals surface area contributed by atoms with Gasteiger partial charge in [0.15, 0.2) is 11.2 Å². The fourth-order valence-electron chi connectivity index (χ4n) is 5.04. The van der Waals surface area contributed by atoms with Crippen LogP contribution in [0.4, 0.5) is 5.95 Å². The van der Waals surface area contributed by atoms with Crippen LogP contribution in [0.3, 0.4) is 0 Å². The number of piperazine rings is 1. The lowest BCUT2D eigenvalue weighted by Gasteiger charge is -2.35. The molecule has 11 nitrogen and oxygen atoms in total. The van der Waals surface area contributed by atoms with Gasteiger partial charge in [-0.3, -0.25) is 23.3 Å². The molecule has 0 bridgehead atoms. The van der Waals surface area contributed by atoms with Crippen LogP contribution in [-0.2, 0) is 20.6 Å². The standard InChI is InChI=1S/C28H32N6O5/c1-18-7-6-8-19(13-18)17-34-23-24(30(2)28(37)31(3)26(23)36)29-27(34)33-11-9-32(10-12-33)25(35)20-14-21(38-4)16-22(15-20)39-5/h6-8,13-16H,9-12,17H2,1-5H3. The smallest absolute Gasteiger partial charge is 0.332 e. The zero-order valence-electron chi connectivity index (χ0n) is 22.8. The fourth-order valence-corrected chi connectivity index (χ4v) is 5.04. The molecule has 1 saturated heterocycles. The topological polar surface area (TPSA) is 104 Å². The second-order valence-electron chi connectivity index (χ2n) is 9.75. The summed E-state index contributed by atoms with van der Waals surface area (Å²) in [7, 11) is 6.20. The van der Waals surface area contributed by atoms with E-state index < -0.39 is 5.69 Å². The lowest BCUT2D eigenvalue weighted by Crippen LogP contribution is -2.49. The number of carbonyl (C=O) groups excluding carboxylic acids is 1. The number of anilines is 1. The number of benzene rings is 2. The first-order chi connectivity index (χ1) is 18.7. The van der Waals surface area contributed by atoms with Crippen molar-refractivity contribution in [2.45, 2.75) is 13.5 Å². The highest BCUT2D eigenvalue weighted by atomic mass is 16.5. The van der Waals surface area contributed by atoms with E-state index in [9.17, 15) is 14.4 Å². The highest BCUT2D eigenvalue weighted by Gasteiger charge is 2.28. The highest BCUT2D eigenvalue weighted by Crippen LogP contribution is 2.26. The maximum atomic E-state index is 13.3. The lowest BCUT2D eigenvalue weighted by atomic mass is 10.1. The van der Waals surface area contributed by atoms with E-state index in [4.69, 9.17) is 14.5 Å². The Labute approximate surface area is 225 Å². The third-order valence-corrected chi connectivity index (χ3v) is 7.20. The molecule has 0 spiro atoms. The summed E-state index contributed by atoms with van der Waals surface area (Å²) in [6.07, 6.45) is 0. The number of hydrogen-bond donors (Lipinski definition) is 0. The molecular formula is C28H32N6O5. The summed E-state index contributed by atoms with van der Waals surface area (Å²) in [4.78, 5) is 47.9. The largest absolute Gasteiger partial charge is 0.497 e. The van der Waals surface area contributed by atoms with Gasteiger partial charge in [-0.2, -0.15) is 4.98 Å². The SMILES string of the molecule is COc1cc(OC)cc(C(=O)N2CCN(c3nc4c(c(=O)n(C)c(=O)n4C)n3Cc3cccc(C)c3)CC2)c1. The van der Waals surface area contributed by atoms with Crippen LogP contribution in [0.5, 0.6) is 11.5 Å². The third kappa shape index (κ3) is 4.75. The molecule has 1 fully saturated rings. The molecule has 0 saturated carbocycles. The molecule has 1 aliphatic rings. The molecule has 11 heteroatoms. The predicted octanol–water partition coefficient (Wildman–Crippen LogP) is 1.77. The molecule has 2 aromatic carbocycles. The van der Waals surface area contributed by atoms with Crippen molar-refractivity contribution in [3.8, 4) is 11.5 Å². The van der Waals surface area contributed by atoms with Gasteiger partial charge < -0.3 is 19.3 Å². The van der Waals surface area contributed by atoms with Gasteiger partial charge >= 0.3 is 5.69 Å². The number of carbonyl (C=O) groups is 1. The first kappa shape index (κ1) is 26.1. The maximum Gasteiger partial charge on any atom is 0.332 e. The van der Waals surface area contributed by atoms with Crippen LogP contribution >= 0.6 is 0 Å². The monoisotopic (exact) mass is 532 g/mol. The van der Waals surface area contributed by atoms with Crippen molar-refractivity contribution >= 4 is 23.0 Å². The van der Waals surface area contributed by atoms with E-state index in [1.165, 1.54) is 11.6 Å². The quantitative estimate of drug-likeness (QED) is 0.373. The normalized spacial score (nSPS) is 13.7. The van der Waals surface area contributed by atoms with Crippen LogP contribution in [0.15, 0.2) is 52.1 Å². The molecule has 39 heavy (non-hydrogen) atoms. The Bertz CT molecular complexity index is 1650. The average Bonchev–Trinajstić information content (AvgIpc) is 3.33. The molecule has 4 aromatic rings. The van der Waals surface area contributed by atoms with Crippen molar-refractivity contribution in [1.29, 1.82) is 0 Å². The minimum Gasteiger partial charge on any atom is -0.497 e. The van der Waals surface area contributed by atoms with Crippen molar-refractivity contribution in [1.82, 2.24) is 23.6 Å². The van der Waals surface area contributed by atoms with E-state index in [2.05, 4.69) is 11.0 Å². The highest BCUT2D eigenvalue weighted by molar-refractivity contribution is 5.95. The second-order valence-corrected chi connectivity index (χ2v) is 9.75. The van der Waals surface area contributed by atoms with Crippen molar-refractivity contribution in [3.63, 3.8) is 0 Å². The molecule has 1 aliphatic heterocycles. The van der Waals surface area contributed by atoms with E-state index >= 15 is 0 Å². The van der Waals surface area contributed by atoms with Gasteiger partial charge in [0.1, 0.15) is 11.5 Å². The van der Waals surface area contributed by atoms with Gasteiger partial charge in [-0.15, -0.1) is 0 Å².